The Morgan fingerprint density at radius 2 is 1.92 bits per heavy atom. The molecule has 1 aliphatic heterocycles. The summed E-state index contributed by atoms with van der Waals surface area (Å²) in [7, 11) is 0. The molecule has 4 aromatic rings. The molecule has 0 aliphatic carbocycles. The molecule has 0 fully saturated rings. The van der Waals surface area contributed by atoms with Crippen LogP contribution in [0.1, 0.15) is 27.9 Å². The number of nitrogens with one attached hydrogen (secondary N) is 1. The Balaban J connectivity index is 0.00000353. The number of nitrogens with zero attached hydrogens (tertiary/aromatic N) is 4. The predicted octanol–water partition coefficient (Wildman–Crippen LogP) is 6.74. The van der Waals surface area contributed by atoms with E-state index in [0.29, 0.717) is 42.3 Å². The molecular weight excluding hydrogens is 567 g/mol. The summed E-state index contributed by atoms with van der Waals surface area (Å²) < 4.78 is 29.2. The lowest BCUT2D eigenvalue weighted by atomic mass is 10.0. The standard InChI is InChI=1S/C28H21Cl2F2N5O.ClH/c29-26-13-19(5-7-34-26)15-35-28(38)37-24-4-3-18(14-33)10-20(24)21-16-36(9-6-25(21)37)8-1-2-17-11-22(31)27(30)23(32)12-17;/h1-5,7,10-13H,6,8-9,15-16H2,(H,35,38);1H/b2-1+;. The van der Waals surface area contributed by atoms with Gasteiger partial charge in [0.25, 0.3) is 0 Å². The lowest BCUT2D eigenvalue weighted by Crippen LogP contribution is -2.34. The Hall–Kier alpha value is -3.48. The van der Waals surface area contributed by atoms with Crippen LogP contribution in [0.5, 0.6) is 0 Å². The molecule has 2 aromatic carbocycles. The number of halogens is 5. The molecule has 0 atom stereocenters. The first-order chi connectivity index (χ1) is 18.3. The highest BCUT2D eigenvalue weighted by molar-refractivity contribution is 6.31. The molecule has 1 amide bonds. The van der Waals surface area contributed by atoms with Gasteiger partial charge < -0.3 is 5.32 Å². The topological polar surface area (TPSA) is 74.0 Å². The predicted molar refractivity (Wildman–Crippen MR) is 150 cm³/mol. The van der Waals surface area contributed by atoms with Crippen molar-refractivity contribution in [1.82, 2.24) is 19.8 Å². The monoisotopic (exact) mass is 587 g/mol. The number of amides is 1. The van der Waals surface area contributed by atoms with Crippen LogP contribution in [0.4, 0.5) is 13.6 Å². The Morgan fingerprint density at radius 3 is 2.64 bits per heavy atom. The maximum absolute atomic E-state index is 13.8. The first kappa shape index (κ1) is 28.5. The van der Waals surface area contributed by atoms with Gasteiger partial charge in [-0.05, 0) is 59.2 Å². The van der Waals surface area contributed by atoms with E-state index in [2.05, 4.69) is 21.3 Å². The van der Waals surface area contributed by atoms with E-state index in [1.165, 1.54) is 12.1 Å². The Labute approximate surface area is 239 Å². The molecule has 0 bridgehead atoms. The molecule has 200 valence electrons. The van der Waals surface area contributed by atoms with Crippen LogP contribution in [0.25, 0.3) is 17.0 Å². The highest BCUT2D eigenvalue weighted by Gasteiger charge is 2.26. The van der Waals surface area contributed by atoms with Gasteiger partial charge >= 0.3 is 6.03 Å². The van der Waals surface area contributed by atoms with Gasteiger partial charge in [0.1, 0.15) is 21.8 Å². The van der Waals surface area contributed by atoms with Gasteiger partial charge in [0.2, 0.25) is 0 Å². The van der Waals surface area contributed by atoms with E-state index in [0.717, 1.165) is 27.7 Å². The van der Waals surface area contributed by atoms with Gasteiger partial charge in [-0.1, -0.05) is 35.4 Å². The number of pyridine rings is 1. The third-order valence-electron chi connectivity index (χ3n) is 6.47. The minimum Gasteiger partial charge on any atom is -0.333 e. The summed E-state index contributed by atoms with van der Waals surface area (Å²) >= 11 is 11.5. The van der Waals surface area contributed by atoms with Crippen LogP contribution in [-0.2, 0) is 19.5 Å². The lowest BCUT2D eigenvalue weighted by molar-refractivity contribution is 0.240. The summed E-state index contributed by atoms with van der Waals surface area (Å²) in [5.74, 6) is -1.61. The zero-order valence-corrected chi connectivity index (χ0v) is 22.8. The smallest absolute Gasteiger partial charge is 0.326 e. The number of aromatic nitrogens is 2. The van der Waals surface area contributed by atoms with Gasteiger partial charge in [-0.25, -0.2) is 18.6 Å². The maximum Gasteiger partial charge on any atom is 0.326 e. The summed E-state index contributed by atoms with van der Waals surface area (Å²) in [6.07, 6.45) is 5.68. The summed E-state index contributed by atoms with van der Waals surface area (Å²) in [6, 6.07) is 13.1. The number of hydrogen-bond acceptors (Lipinski definition) is 4. The molecule has 1 aliphatic rings. The van der Waals surface area contributed by atoms with Crippen molar-refractivity contribution in [3.05, 3.63) is 104 Å². The Morgan fingerprint density at radius 1 is 1.15 bits per heavy atom. The number of carbonyl (C=O) groups excluding carboxylic acids is 1. The molecule has 0 unspecified atom stereocenters. The molecule has 6 nitrogen and oxygen atoms in total. The Bertz CT molecular complexity index is 1610. The van der Waals surface area contributed by atoms with Gasteiger partial charge in [0.05, 0.1) is 17.1 Å². The van der Waals surface area contributed by atoms with Gasteiger partial charge in [0.15, 0.2) is 0 Å². The van der Waals surface area contributed by atoms with E-state index >= 15 is 0 Å². The van der Waals surface area contributed by atoms with E-state index in [1.54, 1.807) is 47.2 Å². The molecular formula is C28H22Cl3F2N5O. The van der Waals surface area contributed by atoms with Crippen LogP contribution < -0.4 is 5.32 Å². The SMILES string of the molecule is Cl.N#Cc1ccc2c(c1)c1c(n2C(=O)NCc2ccnc(Cl)c2)CCN(C/C=C/c2cc(F)c(Cl)c(F)c2)C1. The second kappa shape index (κ2) is 12.1. The molecule has 0 radical (unpaired) electrons. The first-order valence-corrected chi connectivity index (χ1v) is 12.6. The van der Waals surface area contributed by atoms with E-state index in [-0.39, 0.29) is 25.0 Å². The molecule has 0 spiro atoms. The van der Waals surface area contributed by atoms with E-state index < -0.39 is 16.7 Å². The van der Waals surface area contributed by atoms with Crippen molar-refractivity contribution in [1.29, 1.82) is 5.26 Å². The van der Waals surface area contributed by atoms with Crippen molar-refractivity contribution >= 4 is 58.6 Å². The molecule has 5 rings (SSSR count). The number of benzene rings is 2. The van der Waals surface area contributed by atoms with Gasteiger partial charge in [-0.3, -0.25) is 9.47 Å². The zero-order valence-electron chi connectivity index (χ0n) is 20.4. The minimum atomic E-state index is -0.805. The van der Waals surface area contributed by atoms with Crippen LogP contribution in [0.2, 0.25) is 10.2 Å². The molecule has 39 heavy (non-hydrogen) atoms. The summed E-state index contributed by atoms with van der Waals surface area (Å²) in [5, 5.41) is 13.1. The number of fused-ring (bicyclic) bond motifs is 3. The number of nitriles is 1. The second-order valence-corrected chi connectivity index (χ2v) is 9.70. The maximum atomic E-state index is 13.8. The highest BCUT2D eigenvalue weighted by Crippen LogP contribution is 2.32. The largest absolute Gasteiger partial charge is 0.333 e. The van der Waals surface area contributed by atoms with Crippen molar-refractivity contribution in [2.45, 2.75) is 19.5 Å². The number of hydrogen-bond donors (Lipinski definition) is 1. The van der Waals surface area contributed by atoms with E-state index in [4.69, 9.17) is 23.2 Å². The minimum absolute atomic E-state index is 0. The van der Waals surface area contributed by atoms with E-state index in [1.807, 2.05) is 6.08 Å². The van der Waals surface area contributed by atoms with Crippen LogP contribution in [-0.4, -0.2) is 33.6 Å². The van der Waals surface area contributed by atoms with Gasteiger partial charge in [0, 0.05) is 49.9 Å². The van der Waals surface area contributed by atoms with Crippen molar-refractivity contribution in [3.63, 3.8) is 0 Å². The highest BCUT2D eigenvalue weighted by atomic mass is 35.5. The third kappa shape index (κ3) is 6.07. The fraction of sp³-hybridized carbons (Fsp3) is 0.179. The summed E-state index contributed by atoms with van der Waals surface area (Å²) in [4.78, 5) is 19.5. The average Bonchev–Trinajstić information content (AvgIpc) is 3.23. The zero-order chi connectivity index (χ0) is 26.8. The quantitative estimate of drug-likeness (QED) is 0.207. The second-order valence-electron chi connectivity index (χ2n) is 8.94. The Kier molecular flexibility index (Phi) is 8.88. The van der Waals surface area contributed by atoms with E-state index in [9.17, 15) is 18.8 Å². The molecule has 0 saturated heterocycles. The number of rotatable bonds is 5. The average molecular weight is 589 g/mol. The van der Waals surface area contributed by atoms with Crippen molar-refractivity contribution in [3.8, 4) is 6.07 Å². The van der Waals surface area contributed by atoms with Crippen LogP contribution in [0.15, 0.2) is 54.7 Å². The van der Waals surface area contributed by atoms with Gasteiger partial charge in [-0.2, -0.15) is 5.26 Å². The van der Waals surface area contributed by atoms with Crippen LogP contribution >= 0.6 is 35.6 Å². The normalized spacial score (nSPS) is 13.2. The molecule has 3 heterocycles. The van der Waals surface area contributed by atoms with Crippen molar-refractivity contribution < 1.29 is 13.6 Å². The van der Waals surface area contributed by atoms with Crippen molar-refractivity contribution in [2.75, 3.05) is 13.1 Å². The van der Waals surface area contributed by atoms with Crippen molar-refractivity contribution in [2.24, 2.45) is 0 Å². The summed E-state index contributed by atoms with van der Waals surface area (Å²) in [5.41, 5.74) is 4.31. The van der Waals surface area contributed by atoms with Crippen LogP contribution in [0, 0.1) is 23.0 Å². The lowest BCUT2D eigenvalue weighted by Gasteiger charge is -2.27. The molecule has 11 heteroatoms. The fourth-order valence-corrected chi connectivity index (χ4v) is 5.00. The number of carbonyl (C=O) groups is 1. The summed E-state index contributed by atoms with van der Waals surface area (Å²) in [6.45, 7) is 2.05. The molecule has 0 saturated carbocycles. The molecule has 2 aromatic heterocycles. The fourth-order valence-electron chi connectivity index (χ4n) is 4.69. The first-order valence-electron chi connectivity index (χ1n) is 11.8. The van der Waals surface area contributed by atoms with Gasteiger partial charge in [-0.15, -0.1) is 12.4 Å². The third-order valence-corrected chi connectivity index (χ3v) is 7.04. The molecule has 1 N–H and O–H groups in total. The van der Waals surface area contributed by atoms with Crippen LogP contribution in [0.3, 0.4) is 0 Å².